The van der Waals surface area contributed by atoms with Gasteiger partial charge in [0.2, 0.25) is 0 Å². The molecule has 5 rings (SSSR count). The van der Waals surface area contributed by atoms with Crippen molar-refractivity contribution in [1.82, 2.24) is 4.98 Å². The van der Waals surface area contributed by atoms with Crippen LogP contribution in [0.2, 0.25) is 5.02 Å². The van der Waals surface area contributed by atoms with E-state index in [-0.39, 0.29) is 16.3 Å². The molecular formula is C24H13ClF2N2O3S. The van der Waals surface area contributed by atoms with Crippen molar-refractivity contribution in [2.24, 2.45) is 0 Å². The second kappa shape index (κ2) is 8.06. The fraction of sp³-hybridized carbons (Fsp3) is 0.0417. The molecule has 1 saturated heterocycles. The highest BCUT2D eigenvalue weighted by molar-refractivity contribution is 7.22. The van der Waals surface area contributed by atoms with Gasteiger partial charge in [0, 0.05) is 10.6 Å². The predicted molar refractivity (Wildman–Crippen MR) is 122 cm³/mol. The van der Waals surface area contributed by atoms with Crippen LogP contribution in [0.15, 0.2) is 72.3 Å². The second-order valence-corrected chi connectivity index (χ2v) is 8.78. The molecule has 9 heteroatoms. The predicted octanol–water partition coefficient (Wildman–Crippen LogP) is 5.85. The van der Waals surface area contributed by atoms with Crippen LogP contribution in [0.1, 0.15) is 17.2 Å². The van der Waals surface area contributed by atoms with Crippen molar-refractivity contribution in [3.8, 4) is 0 Å². The molecule has 2 heterocycles. The lowest BCUT2D eigenvalue weighted by atomic mass is 9.95. The van der Waals surface area contributed by atoms with Gasteiger partial charge in [-0.25, -0.2) is 13.8 Å². The van der Waals surface area contributed by atoms with E-state index in [1.807, 2.05) is 0 Å². The van der Waals surface area contributed by atoms with Gasteiger partial charge in [0.1, 0.15) is 17.4 Å². The highest BCUT2D eigenvalue weighted by Crippen LogP contribution is 2.44. The molecule has 1 aromatic heterocycles. The third-order valence-corrected chi connectivity index (χ3v) is 6.56. The molecule has 1 atom stereocenters. The summed E-state index contributed by atoms with van der Waals surface area (Å²) < 4.78 is 27.6. The quantitative estimate of drug-likeness (QED) is 0.226. The molecule has 0 saturated carbocycles. The first-order chi connectivity index (χ1) is 15.8. The number of aliphatic hydroxyl groups excluding tert-OH is 1. The zero-order valence-electron chi connectivity index (χ0n) is 16.6. The van der Waals surface area contributed by atoms with E-state index in [1.165, 1.54) is 35.2 Å². The number of aromatic nitrogens is 1. The fourth-order valence-electron chi connectivity index (χ4n) is 3.74. The minimum absolute atomic E-state index is 0.167. The summed E-state index contributed by atoms with van der Waals surface area (Å²) in [5, 5.41) is 11.6. The number of ketones is 1. The van der Waals surface area contributed by atoms with Gasteiger partial charge >= 0.3 is 5.91 Å². The van der Waals surface area contributed by atoms with E-state index in [0.717, 1.165) is 23.5 Å². The fourth-order valence-corrected chi connectivity index (χ4v) is 4.89. The third-order valence-electron chi connectivity index (χ3n) is 5.29. The number of nitrogens with zero attached hydrogens (tertiary/aromatic N) is 2. The number of rotatable bonds is 3. The number of anilines is 1. The molecule has 0 aliphatic carbocycles. The van der Waals surface area contributed by atoms with E-state index in [4.69, 9.17) is 11.6 Å². The molecule has 1 aliphatic rings. The van der Waals surface area contributed by atoms with Gasteiger partial charge < -0.3 is 5.11 Å². The van der Waals surface area contributed by atoms with E-state index in [0.29, 0.717) is 20.8 Å². The lowest BCUT2D eigenvalue weighted by Gasteiger charge is -2.23. The number of hydrogen-bond acceptors (Lipinski definition) is 5. The van der Waals surface area contributed by atoms with E-state index in [1.54, 1.807) is 24.3 Å². The zero-order valence-corrected chi connectivity index (χ0v) is 18.2. The number of hydrogen-bond donors (Lipinski definition) is 1. The number of halogens is 3. The molecule has 4 aromatic rings. The Morgan fingerprint density at radius 1 is 0.970 bits per heavy atom. The molecule has 0 unspecified atom stereocenters. The number of fused-ring (bicyclic) bond motifs is 1. The first-order valence-electron chi connectivity index (χ1n) is 9.72. The lowest BCUT2D eigenvalue weighted by Crippen LogP contribution is -2.29. The molecule has 164 valence electrons. The number of amides is 1. The van der Waals surface area contributed by atoms with Crippen molar-refractivity contribution in [1.29, 1.82) is 0 Å². The Morgan fingerprint density at radius 2 is 1.64 bits per heavy atom. The smallest absolute Gasteiger partial charge is 0.301 e. The standard InChI is InChI=1S/C24H13ClF2N2O3S/c25-14-5-1-12(2-6-14)20-19(21(30)13-3-7-15(26)8-4-13)22(31)23(32)29(20)24-28-17-10-9-16(27)11-18(17)33-24/h1-11,20,30H/b21-19+/t20-/m1/s1. The van der Waals surface area contributed by atoms with Crippen molar-refractivity contribution in [3.63, 3.8) is 0 Å². The highest BCUT2D eigenvalue weighted by Gasteiger charge is 2.48. The second-order valence-electron chi connectivity index (χ2n) is 7.34. The molecule has 0 bridgehead atoms. The number of carbonyl (C=O) groups is 2. The molecule has 0 spiro atoms. The van der Waals surface area contributed by atoms with Crippen molar-refractivity contribution in [3.05, 3.63) is 100 Å². The summed E-state index contributed by atoms with van der Waals surface area (Å²) in [5.41, 5.74) is 0.985. The molecule has 1 N–H and O–H groups in total. The maximum absolute atomic E-state index is 13.7. The monoisotopic (exact) mass is 482 g/mol. The van der Waals surface area contributed by atoms with Gasteiger partial charge in [-0.2, -0.15) is 0 Å². The largest absolute Gasteiger partial charge is 0.507 e. The first kappa shape index (κ1) is 21.2. The van der Waals surface area contributed by atoms with E-state index >= 15 is 0 Å². The van der Waals surface area contributed by atoms with Crippen molar-refractivity contribution in [2.75, 3.05) is 4.90 Å². The van der Waals surface area contributed by atoms with Gasteiger partial charge in [-0.1, -0.05) is 35.1 Å². The summed E-state index contributed by atoms with van der Waals surface area (Å²) in [5.74, 6) is -3.21. The number of Topliss-reactive ketones (excluding diaryl/α,β-unsaturated/α-hetero) is 1. The number of carbonyl (C=O) groups excluding carboxylic acids is 2. The van der Waals surface area contributed by atoms with Gasteiger partial charge in [0.25, 0.3) is 5.78 Å². The van der Waals surface area contributed by atoms with Gasteiger partial charge in [-0.15, -0.1) is 0 Å². The topological polar surface area (TPSA) is 70.5 Å². The lowest BCUT2D eigenvalue weighted by molar-refractivity contribution is -0.132. The maximum Gasteiger partial charge on any atom is 0.301 e. The summed E-state index contributed by atoms with van der Waals surface area (Å²) >= 11 is 7.07. The molecular weight excluding hydrogens is 470 g/mol. The van der Waals surface area contributed by atoms with Gasteiger partial charge in [-0.3, -0.25) is 14.5 Å². The Kier molecular flexibility index (Phi) is 5.19. The number of aliphatic hydroxyl groups is 1. The average molecular weight is 483 g/mol. The maximum atomic E-state index is 13.7. The zero-order chi connectivity index (χ0) is 23.3. The summed E-state index contributed by atoms with van der Waals surface area (Å²) in [4.78, 5) is 31.8. The Bertz CT molecular complexity index is 1450. The van der Waals surface area contributed by atoms with Crippen LogP contribution in [0.3, 0.4) is 0 Å². The molecule has 1 aliphatic heterocycles. The van der Waals surface area contributed by atoms with E-state index in [9.17, 15) is 23.5 Å². The SMILES string of the molecule is O=C1C(=O)N(c2nc3ccc(F)cc3s2)[C@H](c2ccc(Cl)cc2)/C1=C(\O)c1ccc(F)cc1. The van der Waals surface area contributed by atoms with Crippen LogP contribution in [0.25, 0.3) is 16.0 Å². The van der Waals surface area contributed by atoms with Crippen molar-refractivity contribution in [2.45, 2.75) is 6.04 Å². The Balaban J connectivity index is 1.73. The normalized spacial score (nSPS) is 17.8. The van der Waals surface area contributed by atoms with E-state index < -0.39 is 35.1 Å². The summed E-state index contributed by atoms with van der Waals surface area (Å²) in [7, 11) is 0. The van der Waals surface area contributed by atoms with Crippen LogP contribution in [-0.4, -0.2) is 21.8 Å². The third kappa shape index (κ3) is 3.67. The molecule has 33 heavy (non-hydrogen) atoms. The highest BCUT2D eigenvalue weighted by atomic mass is 35.5. The van der Waals surface area contributed by atoms with Crippen molar-refractivity contribution >= 4 is 55.7 Å². The Morgan fingerprint density at radius 3 is 2.33 bits per heavy atom. The molecule has 1 fully saturated rings. The summed E-state index contributed by atoms with van der Waals surface area (Å²) in [6.07, 6.45) is 0. The van der Waals surface area contributed by atoms with Crippen LogP contribution in [0.4, 0.5) is 13.9 Å². The van der Waals surface area contributed by atoms with Crippen LogP contribution < -0.4 is 4.90 Å². The van der Waals surface area contributed by atoms with Crippen molar-refractivity contribution < 1.29 is 23.5 Å². The minimum Gasteiger partial charge on any atom is -0.507 e. The van der Waals surface area contributed by atoms with Crippen LogP contribution in [0, 0.1) is 11.6 Å². The molecule has 0 radical (unpaired) electrons. The molecule has 3 aromatic carbocycles. The van der Waals surface area contributed by atoms with Crippen LogP contribution in [-0.2, 0) is 9.59 Å². The Hall–Kier alpha value is -3.62. The number of benzene rings is 3. The van der Waals surface area contributed by atoms with Crippen LogP contribution >= 0.6 is 22.9 Å². The number of thiazole rings is 1. The van der Waals surface area contributed by atoms with Gasteiger partial charge in [0.05, 0.1) is 21.8 Å². The summed E-state index contributed by atoms with van der Waals surface area (Å²) in [6, 6.07) is 14.4. The van der Waals surface area contributed by atoms with Gasteiger partial charge in [0.15, 0.2) is 5.13 Å². The van der Waals surface area contributed by atoms with E-state index in [2.05, 4.69) is 4.98 Å². The van der Waals surface area contributed by atoms with Gasteiger partial charge in [-0.05, 0) is 60.2 Å². The minimum atomic E-state index is -1.02. The average Bonchev–Trinajstić information content (AvgIpc) is 3.32. The Labute approximate surface area is 195 Å². The first-order valence-corrected chi connectivity index (χ1v) is 10.9. The summed E-state index contributed by atoms with van der Waals surface area (Å²) in [6.45, 7) is 0. The molecule has 1 amide bonds. The van der Waals surface area contributed by atoms with Crippen LogP contribution in [0.5, 0.6) is 0 Å². The molecule has 5 nitrogen and oxygen atoms in total.